The highest BCUT2D eigenvalue weighted by Crippen LogP contribution is 2.17. The summed E-state index contributed by atoms with van der Waals surface area (Å²) in [5, 5.41) is 6.97. The first-order valence-electron chi connectivity index (χ1n) is 9.20. The lowest BCUT2D eigenvalue weighted by Crippen LogP contribution is -2.25. The molecule has 0 fully saturated rings. The summed E-state index contributed by atoms with van der Waals surface area (Å²) in [7, 11) is 0. The first-order chi connectivity index (χ1) is 14.5. The minimum atomic E-state index is -0.408. The number of amides is 1. The molecule has 0 aliphatic rings. The van der Waals surface area contributed by atoms with Gasteiger partial charge in [-0.25, -0.2) is 10.2 Å². The molecule has 0 heterocycles. The van der Waals surface area contributed by atoms with Crippen molar-refractivity contribution in [2.45, 2.75) is 6.92 Å². The summed E-state index contributed by atoms with van der Waals surface area (Å²) in [4.78, 5) is 24.1. The Balaban J connectivity index is 1.47. The molecule has 1 amide bonds. The van der Waals surface area contributed by atoms with Crippen molar-refractivity contribution in [2.75, 3.05) is 11.9 Å². The van der Waals surface area contributed by atoms with Crippen molar-refractivity contribution in [3.05, 3.63) is 93.1 Å². The molecule has 0 radical (unpaired) electrons. The second-order valence-electron chi connectivity index (χ2n) is 6.45. The van der Waals surface area contributed by atoms with Crippen LogP contribution in [0.5, 0.6) is 5.75 Å². The van der Waals surface area contributed by atoms with Gasteiger partial charge in [-0.3, -0.25) is 4.79 Å². The highest BCUT2D eigenvalue weighted by molar-refractivity contribution is 14.1. The molecular weight excluding hydrogens is 493 g/mol. The molecule has 7 heteroatoms. The maximum absolute atomic E-state index is 12.2. The molecule has 0 unspecified atom stereocenters. The van der Waals surface area contributed by atoms with Crippen LogP contribution in [-0.4, -0.2) is 24.6 Å². The number of anilines is 1. The highest BCUT2D eigenvalue weighted by atomic mass is 127. The van der Waals surface area contributed by atoms with E-state index in [0.29, 0.717) is 11.3 Å². The molecule has 0 aliphatic carbocycles. The number of esters is 1. The number of hydrazone groups is 1. The number of carbonyl (C=O) groups excluding carboxylic acids is 2. The molecule has 3 rings (SSSR count). The number of hydrogen-bond donors (Lipinski definition) is 2. The van der Waals surface area contributed by atoms with E-state index in [1.54, 1.807) is 36.4 Å². The summed E-state index contributed by atoms with van der Waals surface area (Å²) >= 11 is 2.10. The van der Waals surface area contributed by atoms with Crippen LogP contribution < -0.4 is 15.5 Å². The summed E-state index contributed by atoms with van der Waals surface area (Å²) in [5.41, 5.74) is 5.78. The molecule has 0 saturated carbocycles. The van der Waals surface area contributed by atoms with Crippen molar-refractivity contribution < 1.29 is 14.3 Å². The van der Waals surface area contributed by atoms with E-state index < -0.39 is 5.97 Å². The Bertz CT molecular complexity index is 1050. The number of nitrogens with one attached hydrogen (secondary N) is 2. The molecule has 0 spiro atoms. The molecule has 30 heavy (non-hydrogen) atoms. The van der Waals surface area contributed by atoms with E-state index in [4.69, 9.17) is 4.74 Å². The second kappa shape index (κ2) is 10.5. The molecule has 0 aromatic heterocycles. The van der Waals surface area contributed by atoms with Crippen LogP contribution in [0.3, 0.4) is 0 Å². The number of aryl methyl sites for hydroxylation is 1. The van der Waals surface area contributed by atoms with E-state index in [9.17, 15) is 9.59 Å². The van der Waals surface area contributed by atoms with Gasteiger partial charge in [-0.1, -0.05) is 29.8 Å². The van der Waals surface area contributed by atoms with Gasteiger partial charge in [0.1, 0.15) is 5.75 Å². The maximum atomic E-state index is 12.2. The van der Waals surface area contributed by atoms with E-state index in [1.807, 2.05) is 43.3 Å². The van der Waals surface area contributed by atoms with Gasteiger partial charge in [-0.2, -0.15) is 5.10 Å². The standard InChI is InChI=1S/C23H20IN3O3/c1-16-6-10-18(11-7-16)25-15-22(28)27-26-14-17-8-12-19(13-9-17)30-23(29)20-4-2-3-5-21(20)24/h2-14,25H,15H2,1H3,(H,27,28)/b26-14+. The van der Waals surface area contributed by atoms with Gasteiger partial charge in [0.15, 0.2) is 0 Å². The Labute approximate surface area is 188 Å². The zero-order chi connectivity index (χ0) is 21.3. The maximum Gasteiger partial charge on any atom is 0.344 e. The van der Waals surface area contributed by atoms with E-state index in [1.165, 1.54) is 6.21 Å². The molecule has 152 valence electrons. The topological polar surface area (TPSA) is 79.8 Å². The molecule has 3 aromatic carbocycles. The number of rotatable bonds is 7. The number of nitrogens with zero attached hydrogens (tertiary/aromatic N) is 1. The van der Waals surface area contributed by atoms with Crippen LogP contribution >= 0.6 is 22.6 Å². The van der Waals surface area contributed by atoms with Gasteiger partial charge in [-0.15, -0.1) is 0 Å². The quantitative estimate of drug-likeness (QED) is 0.162. The number of benzene rings is 3. The van der Waals surface area contributed by atoms with Crippen LogP contribution in [0.4, 0.5) is 5.69 Å². The Morgan fingerprint density at radius 1 is 1.00 bits per heavy atom. The Hall–Kier alpha value is -3.20. The fourth-order valence-electron chi connectivity index (χ4n) is 2.48. The second-order valence-corrected chi connectivity index (χ2v) is 7.61. The SMILES string of the molecule is Cc1ccc(NCC(=O)N/N=C/c2ccc(OC(=O)c3ccccc3I)cc2)cc1. The monoisotopic (exact) mass is 513 g/mol. The fraction of sp³-hybridized carbons (Fsp3) is 0.0870. The van der Waals surface area contributed by atoms with Gasteiger partial charge >= 0.3 is 5.97 Å². The van der Waals surface area contributed by atoms with E-state index >= 15 is 0 Å². The van der Waals surface area contributed by atoms with Gasteiger partial charge in [0.2, 0.25) is 0 Å². The van der Waals surface area contributed by atoms with E-state index in [-0.39, 0.29) is 12.5 Å². The van der Waals surface area contributed by atoms with Crippen molar-refractivity contribution in [1.29, 1.82) is 0 Å². The minimum absolute atomic E-state index is 0.119. The largest absolute Gasteiger partial charge is 0.423 e. The minimum Gasteiger partial charge on any atom is -0.423 e. The fourth-order valence-corrected chi connectivity index (χ4v) is 3.09. The molecule has 0 bridgehead atoms. The van der Waals surface area contributed by atoms with Gasteiger partial charge in [0.25, 0.3) is 5.91 Å². The zero-order valence-electron chi connectivity index (χ0n) is 16.3. The molecule has 0 atom stereocenters. The number of hydrogen-bond acceptors (Lipinski definition) is 5. The predicted molar refractivity (Wildman–Crippen MR) is 126 cm³/mol. The van der Waals surface area contributed by atoms with Crippen molar-refractivity contribution in [2.24, 2.45) is 5.10 Å². The van der Waals surface area contributed by atoms with Gasteiger partial charge in [-0.05, 0) is 83.6 Å². The molecule has 0 aliphatic heterocycles. The molecule has 3 aromatic rings. The van der Waals surface area contributed by atoms with Crippen LogP contribution in [0.25, 0.3) is 0 Å². The lowest BCUT2D eigenvalue weighted by atomic mass is 10.2. The van der Waals surface area contributed by atoms with Gasteiger partial charge in [0.05, 0.1) is 18.3 Å². The van der Waals surface area contributed by atoms with Gasteiger partial charge in [0, 0.05) is 9.26 Å². The highest BCUT2D eigenvalue weighted by Gasteiger charge is 2.11. The molecule has 0 saturated heterocycles. The van der Waals surface area contributed by atoms with Crippen molar-refractivity contribution in [3.8, 4) is 5.75 Å². The van der Waals surface area contributed by atoms with Crippen LogP contribution in [0.1, 0.15) is 21.5 Å². The van der Waals surface area contributed by atoms with Crippen LogP contribution in [0.2, 0.25) is 0 Å². The average Bonchev–Trinajstić information content (AvgIpc) is 2.75. The van der Waals surface area contributed by atoms with Gasteiger partial charge < -0.3 is 10.1 Å². The summed E-state index contributed by atoms with van der Waals surface area (Å²) in [5.74, 6) is -0.229. The first kappa shape index (κ1) is 21.5. The summed E-state index contributed by atoms with van der Waals surface area (Å²) in [6, 6.07) is 21.9. The number of carbonyl (C=O) groups is 2. The molecular formula is C23H20IN3O3. The smallest absolute Gasteiger partial charge is 0.344 e. The first-order valence-corrected chi connectivity index (χ1v) is 10.3. The Morgan fingerprint density at radius 3 is 2.40 bits per heavy atom. The van der Waals surface area contributed by atoms with Crippen molar-refractivity contribution in [3.63, 3.8) is 0 Å². The van der Waals surface area contributed by atoms with Crippen molar-refractivity contribution in [1.82, 2.24) is 5.43 Å². The zero-order valence-corrected chi connectivity index (χ0v) is 18.4. The molecule has 6 nitrogen and oxygen atoms in total. The Morgan fingerprint density at radius 2 is 1.70 bits per heavy atom. The molecule has 2 N–H and O–H groups in total. The summed E-state index contributed by atoms with van der Waals surface area (Å²) in [6.07, 6.45) is 1.52. The van der Waals surface area contributed by atoms with E-state index in [0.717, 1.165) is 20.4 Å². The van der Waals surface area contributed by atoms with Crippen molar-refractivity contribution >= 4 is 46.4 Å². The lowest BCUT2D eigenvalue weighted by molar-refractivity contribution is -0.119. The predicted octanol–water partition coefficient (Wildman–Crippen LogP) is 4.38. The third-order valence-electron chi connectivity index (χ3n) is 4.09. The Kier molecular flexibility index (Phi) is 7.56. The van der Waals surface area contributed by atoms with Crippen LogP contribution in [0.15, 0.2) is 77.9 Å². The summed E-state index contributed by atoms with van der Waals surface area (Å²) in [6.45, 7) is 2.12. The lowest BCUT2D eigenvalue weighted by Gasteiger charge is -2.06. The van der Waals surface area contributed by atoms with E-state index in [2.05, 4.69) is 38.4 Å². The third kappa shape index (κ3) is 6.41. The normalized spacial score (nSPS) is 10.6. The third-order valence-corrected chi connectivity index (χ3v) is 5.03. The summed E-state index contributed by atoms with van der Waals surface area (Å²) < 4.78 is 6.22. The van der Waals surface area contributed by atoms with Crippen LogP contribution in [-0.2, 0) is 4.79 Å². The number of halogens is 1. The average molecular weight is 513 g/mol. The van der Waals surface area contributed by atoms with Crippen LogP contribution in [0, 0.1) is 10.5 Å². The number of ether oxygens (including phenoxy) is 1.